The van der Waals surface area contributed by atoms with Crippen molar-refractivity contribution < 1.29 is 4.74 Å². The molecule has 1 saturated heterocycles. The number of ether oxygens (including phenoxy) is 1. The minimum absolute atomic E-state index is 0.263. The Balaban J connectivity index is 1.95. The topological polar surface area (TPSA) is 51.4 Å². The molecule has 0 aromatic carbocycles. The SMILES string of the molecule is CC1CCC(C(CN)N(C)Cc2ccccn2)O1. The van der Waals surface area contributed by atoms with Gasteiger partial charge in [0.2, 0.25) is 0 Å². The molecule has 0 aliphatic carbocycles. The van der Waals surface area contributed by atoms with Crippen LogP contribution in [0, 0.1) is 0 Å². The minimum atomic E-state index is 0.263. The second kappa shape index (κ2) is 6.27. The van der Waals surface area contributed by atoms with Gasteiger partial charge in [0.15, 0.2) is 0 Å². The first-order valence-corrected chi connectivity index (χ1v) is 6.66. The lowest BCUT2D eigenvalue weighted by molar-refractivity contribution is 0.000575. The second-order valence-corrected chi connectivity index (χ2v) is 5.10. The molecule has 2 rings (SSSR count). The van der Waals surface area contributed by atoms with Crippen molar-refractivity contribution in [3.05, 3.63) is 30.1 Å². The van der Waals surface area contributed by atoms with Crippen LogP contribution in [-0.4, -0.2) is 41.7 Å². The van der Waals surface area contributed by atoms with Gasteiger partial charge in [-0.05, 0) is 38.9 Å². The van der Waals surface area contributed by atoms with E-state index in [2.05, 4.69) is 23.9 Å². The van der Waals surface area contributed by atoms with Gasteiger partial charge in [0.25, 0.3) is 0 Å². The van der Waals surface area contributed by atoms with Crippen LogP contribution in [-0.2, 0) is 11.3 Å². The third-order valence-corrected chi connectivity index (χ3v) is 3.64. The molecule has 18 heavy (non-hydrogen) atoms. The van der Waals surface area contributed by atoms with Crippen molar-refractivity contribution in [2.24, 2.45) is 5.73 Å². The van der Waals surface area contributed by atoms with Crippen molar-refractivity contribution in [3.8, 4) is 0 Å². The summed E-state index contributed by atoms with van der Waals surface area (Å²) in [6.07, 6.45) is 4.70. The highest BCUT2D eigenvalue weighted by atomic mass is 16.5. The molecule has 1 aliphatic heterocycles. The van der Waals surface area contributed by atoms with E-state index < -0.39 is 0 Å². The van der Waals surface area contributed by atoms with Crippen LogP contribution in [0.2, 0.25) is 0 Å². The van der Waals surface area contributed by atoms with Crippen molar-refractivity contribution in [2.75, 3.05) is 13.6 Å². The first-order chi connectivity index (χ1) is 8.70. The van der Waals surface area contributed by atoms with E-state index in [-0.39, 0.29) is 12.1 Å². The molecule has 0 spiro atoms. The van der Waals surface area contributed by atoms with Crippen LogP contribution in [0.4, 0.5) is 0 Å². The van der Waals surface area contributed by atoms with Crippen molar-refractivity contribution in [1.29, 1.82) is 0 Å². The van der Waals surface area contributed by atoms with Crippen LogP contribution in [0.3, 0.4) is 0 Å². The fraction of sp³-hybridized carbons (Fsp3) is 0.643. The monoisotopic (exact) mass is 249 g/mol. The predicted molar refractivity (Wildman–Crippen MR) is 72.1 cm³/mol. The van der Waals surface area contributed by atoms with Gasteiger partial charge in [0.1, 0.15) is 0 Å². The maximum atomic E-state index is 5.93. The number of likely N-dealkylation sites (N-methyl/N-ethyl adjacent to an activating group) is 1. The van der Waals surface area contributed by atoms with Crippen molar-refractivity contribution in [3.63, 3.8) is 0 Å². The first-order valence-electron chi connectivity index (χ1n) is 6.66. The number of rotatable bonds is 5. The van der Waals surface area contributed by atoms with E-state index in [9.17, 15) is 0 Å². The highest BCUT2D eigenvalue weighted by Gasteiger charge is 2.31. The molecule has 0 bridgehead atoms. The molecule has 2 N–H and O–H groups in total. The summed E-state index contributed by atoms with van der Waals surface area (Å²) in [5.74, 6) is 0. The average Bonchev–Trinajstić information content (AvgIpc) is 2.78. The molecule has 0 radical (unpaired) electrons. The molecule has 2 heterocycles. The van der Waals surface area contributed by atoms with Gasteiger partial charge in [-0.2, -0.15) is 0 Å². The van der Waals surface area contributed by atoms with Gasteiger partial charge in [-0.15, -0.1) is 0 Å². The van der Waals surface area contributed by atoms with Gasteiger partial charge in [-0.3, -0.25) is 9.88 Å². The highest BCUT2D eigenvalue weighted by Crippen LogP contribution is 2.24. The van der Waals surface area contributed by atoms with Gasteiger partial charge in [0, 0.05) is 25.3 Å². The summed E-state index contributed by atoms with van der Waals surface area (Å²) in [4.78, 5) is 6.61. The van der Waals surface area contributed by atoms with Crippen molar-refractivity contribution in [2.45, 2.75) is 44.6 Å². The largest absolute Gasteiger partial charge is 0.374 e. The summed E-state index contributed by atoms with van der Waals surface area (Å²) < 4.78 is 5.93. The molecule has 4 heteroatoms. The molecular formula is C14H23N3O. The Bertz CT molecular complexity index is 357. The summed E-state index contributed by atoms with van der Waals surface area (Å²) >= 11 is 0. The molecular weight excluding hydrogens is 226 g/mol. The number of hydrogen-bond acceptors (Lipinski definition) is 4. The van der Waals surface area contributed by atoms with Gasteiger partial charge in [0.05, 0.1) is 17.9 Å². The Morgan fingerprint density at radius 3 is 2.89 bits per heavy atom. The lowest BCUT2D eigenvalue weighted by atomic mass is 10.1. The maximum absolute atomic E-state index is 5.93. The molecule has 0 amide bonds. The number of hydrogen-bond donors (Lipinski definition) is 1. The van der Waals surface area contributed by atoms with Crippen LogP contribution in [0.5, 0.6) is 0 Å². The fourth-order valence-electron chi connectivity index (χ4n) is 2.60. The van der Waals surface area contributed by atoms with E-state index in [1.54, 1.807) is 0 Å². The van der Waals surface area contributed by atoms with Crippen LogP contribution >= 0.6 is 0 Å². The predicted octanol–water partition coefficient (Wildman–Crippen LogP) is 1.41. The molecule has 1 aromatic rings. The molecule has 100 valence electrons. The Labute approximate surface area is 109 Å². The van der Waals surface area contributed by atoms with E-state index in [4.69, 9.17) is 10.5 Å². The minimum Gasteiger partial charge on any atom is -0.374 e. The second-order valence-electron chi connectivity index (χ2n) is 5.10. The summed E-state index contributed by atoms with van der Waals surface area (Å²) in [6, 6.07) is 6.27. The lowest BCUT2D eigenvalue weighted by Gasteiger charge is -2.31. The molecule has 3 unspecified atom stereocenters. The Kier molecular flexibility index (Phi) is 4.69. The van der Waals surface area contributed by atoms with Crippen LogP contribution in [0.1, 0.15) is 25.5 Å². The van der Waals surface area contributed by atoms with Crippen LogP contribution in [0.25, 0.3) is 0 Å². The Hall–Kier alpha value is -0.970. The van der Waals surface area contributed by atoms with Crippen molar-refractivity contribution in [1.82, 2.24) is 9.88 Å². The van der Waals surface area contributed by atoms with Gasteiger partial charge >= 0.3 is 0 Å². The summed E-state index contributed by atoms with van der Waals surface area (Å²) in [5, 5.41) is 0. The van der Waals surface area contributed by atoms with Crippen LogP contribution in [0.15, 0.2) is 24.4 Å². The first kappa shape index (κ1) is 13.5. The Morgan fingerprint density at radius 1 is 1.50 bits per heavy atom. The van der Waals surface area contributed by atoms with E-state index in [0.29, 0.717) is 12.6 Å². The van der Waals surface area contributed by atoms with Crippen LogP contribution < -0.4 is 5.73 Å². The van der Waals surface area contributed by atoms with Crippen molar-refractivity contribution >= 4 is 0 Å². The third kappa shape index (κ3) is 3.28. The molecule has 4 nitrogen and oxygen atoms in total. The zero-order valence-electron chi connectivity index (χ0n) is 11.2. The number of aromatic nitrogens is 1. The van der Waals surface area contributed by atoms with Gasteiger partial charge in [-0.1, -0.05) is 6.07 Å². The number of pyridine rings is 1. The molecule has 0 saturated carbocycles. The lowest BCUT2D eigenvalue weighted by Crippen LogP contribution is -2.46. The van der Waals surface area contributed by atoms with E-state index in [0.717, 1.165) is 25.1 Å². The number of nitrogens with two attached hydrogens (primary N) is 1. The van der Waals surface area contributed by atoms with E-state index in [1.165, 1.54) is 0 Å². The highest BCUT2D eigenvalue weighted by molar-refractivity contribution is 5.03. The normalized spacial score (nSPS) is 25.6. The van der Waals surface area contributed by atoms with Gasteiger partial charge in [-0.25, -0.2) is 0 Å². The standard InChI is InChI=1S/C14H23N3O/c1-11-6-7-14(18-11)13(9-15)17(2)10-12-5-3-4-8-16-12/h3-5,8,11,13-14H,6-7,9-10,15H2,1-2H3. The molecule has 1 fully saturated rings. The number of nitrogens with zero attached hydrogens (tertiary/aromatic N) is 2. The Morgan fingerprint density at radius 2 is 2.33 bits per heavy atom. The summed E-state index contributed by atoms with van der Waals surface area (Å²) in [5.41, 5.74) is 6.98. The smallest absolute Gasteiger partial charge is 0.0747 e. The molecule has 1 aliphatic rings. The summed E-state index contributed by atoms with van der Waals surface area (Å²) in [6.45, 7) is 3.57. The quantitative estimate of drug-likeness (QED) is 0.857. The average molecular weight is 249 g/mol. The zero-order valence-corrected chi connectivity index (χ0v) is 11.2. The molecule has 1 aromatic heterocycles. The van der Waals surface area contributed by atoms with E-state index >= 15 is 0 Å². The third-order valence-electron chi connectivity index (χ3n) is 3.64. The molecule has 3 atom stereocenters. The fourth-order valence-corrected chi connectivity index (χ4v) is 2.60. The summed E-state index contributed by atoms with van der Waals surface area (Å²) in [7, 11) is 2.10. The van der Waals surface area contributed by atoms with Gasteiger partial charge < -0.3 is 10.5 Å². The van der Waals surface area contributed by atoms with E-state index in [1.807, 2.05) is 24.4 Å². The maximum Gasteiger partial charge on any atom is 0.0747 e. The zero-order chi connectivity index (χ0) is 13.0.